The van der Waals surface area contributed by atoms with Crippen molar-refractivity contribution in [1.29, 1.82) is 0 Å². The smallest absolute Gasteiger partial charge is 0.298 e. The molecule has 2 aromatic heterocycles. The number of aryl methyl sites for hydroxylation is 1. The fourth-order valence-electron chi connectivity index (χ4n) is 2.27. The Morgan fingerprint density at radius 1 is 1.24 bits per heavy atom. The number of aromatic nitrogens is 4. The maximum atomic E-state index is 12.2. The SMILES string of the molecule is CC(=O)Cn1c(=O)n(C)c2cnc(-c3ccccc3)nc21. The van der Waals surface area contributed by atoms with Gasteiger partial charge >= 0.3 is 5.69 Å². The number of rotatable bonds is 3. The molecule has 0 fully saturated rings. The fourth-order valence-corrected chi connectivity index (χ4v) is 2.27. The molecule has 0 aliphatic heterocycles. The number of fused-ring (bicyclic) bond motifs is 1. The summed E-state index contributed by atoms with van der Waals surface area (Å²) in [6, 6.07) is 9.51. The van der Waals surface area contributed by atoms with Crippen molar-refractivity contribution in [2.75, 3.05) is 0 Å². The Kier molecular flexibility index (Phi) is 3.13. The largest absolute Gasteiger partial charge is 0.330 e. The van der Waals surface area contributed by atoms with Gasteiger partial charge in [-0.05, 0) is 6.92 Å². The quantitative estimate of drug-likeness (QED) is 0.728. The summed E-state index contributed by atoms with van der Waals surface area (Å²) in [5.74, 6) is 0.440. The third-order valence-corrected chi connectivity index (χ3v) is 3.30. The summed E-state index contributed by atoms with van der Waals surface area (Å²) in [6.07, 6.45) is 1.61. The van der Waals surface area contributed by atoms with Crippen LogP contribution in [0.25, 0.3) is 22.6 Å². The lowest BCUT2D eigenvalue weighted by Crippen LogP contribution is -2.24. The average molecular weight is 282 g/mol. The van der Waals surface area contributed by atoms with Crippen LogP contribution in [-0.2, 0) is 18.4 Å². The normalized spacial score (nSPS) is 11.0. The Hall–Kier alpha value is -2.76. The van der Waals surface area contributed by atoms with E-state index in [1.165, 1.54) is 16.1 Å². The Morgan fingerprint density at radius 2 is 1.95 bits per heavy atom. The second-order valence-corrected chi connectivity index (χ2v) is 4.90. The minimum absolute atomic E-state index is 0.0153. The Balaban J connectivity index is 2.25. The Labute approximate surface area is 120 Å². The van der Waals surface area contributed by atoms with Gasteiger partial charge in [-0.2, -0.15) is 0 Å². The van der Waals surface area contributed by atoms with Crippen molar-refractivity contribution in [2.45, 2.75) is 13.5 Å². The molecule has 0 N–H and O–H groups in total. The number of carbonyl (C=O) groups is 1. The summed E-state index contributed by atoms with van der Waals surface area (Å²) in [5, 5.41) is 0. The van der Waals surface area contributed by atoms with Crippen LogP contribution in [0.2, 0.25) is 0 Å². The molecule has 0 saturated heterocycles. The highest BCUT2D eigenvalue weighted by molar-refractivity contribution is 5.79. The first-order chi connectivity index (χ1) is 10.1. The summed E-state index contributed by atoms with van der Waals surface area (Å²) in [4.78, 5) is 32.3. The van der Waals surface area contributed by atoms with Gasteiger partial charge < -0.3 is 0 Å². The summed E-state index contributed by atoms with van der Waals surface area (Å²) in [7, 11) is 1.65. The van der Waals surface area contributed by atoms with E-state index in [1.54, 1.807) is 13.2 Å². The number of benzene rings is 1. The van der Waals surface area contributed by atoms with E-state index in [2.05, 4.69) is 9.97 Å². The first kappa shape index (κ1) is 13.2. The van der Waals surface area contributed by atoms with Crippen molar-refractivity contribution in [1.82, 2.24) is 19.1 Å². The Bertz CT molecular complexity index is 878. The van der Waals surface area contributed by atoms with Crippen molar-refractivity contribution in [3.63, 3.8) is 0 Å². The molecule has 2 heterocycles. The zero-order chi connectivity index (χ0) is 15.0. The highest BCUT2D eigenvalue weighted by atomic mass is 16.2. The minimum Gasteiger partial charge on any atom is -0.298 e. The number of Topliss-reactive ketones (excluding diaryl/α,β-unsaturated/α-hetero) is 1. The van der Waals surface area contributed by atoms with Crippen molar-refractivity contribution >= 4 is 16.9 Å². The topological polar surface area (TPSA) is 69.8 Å². The minimum atomic E-state index is -0.264. The number of hydrogen-bond donors (Lipinski definition) is 0. The number of imidazole rings is 1. The van der Waals surface area contributed by atoms with E-state index in [0.29, 0.717) is 17.0 Å². The molecule has 0 saturated carbocycles. The fraction of sp³-hybridized carbons (Fsp3) is 0.200. The predicted octanol–water partition coefficient (Wildman–Crippen LogP) is 1.39. The van der Waals surface area contributed by atoms with Crippen LogP contribution in [0.5, 0.6) is 0 Å². The van der Waals surface area contributed by atoms with E-state index in [1.807, 2.05) is 30.3 Å². The highest BCUT2D eigenvalue weighted by Gasteiger charge is 2.15. The molecule has 21 heavy (non-hydrogen) atoms. The van der Waals surface area contributed by atoms with E-state index in [-0.39, 0.29) is 18.0 Å². The maximum absolute atomic E-state index is 12.2. The van der Waals surface area contributed by atoms with Crippen molar-refractivity contribution < 1.29 is 4.79 Å². The number of carbonyl (C=O) groups excluding carboxylic acids is 1. The van der Waals surface area contributed by atoms with E-state index in [0.717, 1.165) is 5.56 Å². The molecular formula is C15H14N4O2. The van der Waals surface area contributed by atoms with Crippen molar-refractivity contribution in [2.24, 2.45) is 7.05 Å². The second-order valence-electron chi connectivity index (χ2n) is 4.90. The molecule has 106 valence electrons. The van der Waals surface area contributed by atoms with Gasteiger partial charge in [-0.1, -0.05) is 30.3 Å². The van der Waals surface area contributed by atoms with Gasteiger partial charge in [0.15, 0.2) is 11.5 Å². The molecule has 1 aromatic carbocycles. The molecule has 6 nitrogen and oxygen atoms in total. The molecule has 0 radical (unpaired) electrons. The van der Waals surface area contributed by atoms with Gasteiger partial charge in [-0.15, -0.1) is 0 Å². The summed E-state index contributed by atoms with van der Waals surface area (Å²) >= 11 is 0. The maximum Gasteiger partial charge on any atom is 0.330 e. The average Bonchev–Trinajstić information content (AvgIpc) is 2.72. The predicted molar refractivity (Wildman–Crippen MR) is 78.9 cm³/mol. The molecular weight excluding hydrogens is 268 g/mol. The first-order valence-corrected chi connectivity index (χ1v) is 6.55. The van der Waals surface area contributed by atoms with Gasteiger partial charge in [-0.3, -0.25) is 13.9 Å². The molecule has 6 heteroatoms. The standard InChI is InChI=1S/C15H14N4O2/c1-10(20)9-19-14-12(18(2)15(19)21)8-16-13(17-14)11-6-4-3-5-7-11/h3-8H,9H2,1-2H3. The molecule has 0 atom stereocenters. The van der Waals surface area contributed by atoms with Crippen LogP contribution in [-0.4, -0.2) is 24.9 Å². The molecule has 0 spiro atoms. The van der Waals surface area contributed by atoms with E-state index < -0.39 is 0 Å². The van der Waals surface area contributed by atoms with Gasteiger partial charge in [0.05, 0.1) is 12.7 Å². The van der Waals surface area contributed by atoms with Crippen LogP contribution in [0.3, 0.4) is 0 Å². The zero-order valence-corrected chi connectivity index (χ0v) is 11.8. The van der Waals surface area contributed by atoms with Gasteiger partial charge in [0, 0.05) is 12.6 Å². The summed E-state index contributed by atoms with van der Waals surface area (Å²) < 4.78 is 2.83. The van der Waals surface area contributed by atoms with Crippen LogP contribution in [0.1, 0.15) is 6.92 Å². The third kappa shape index (κ3) is 2.24. The van der Waals surface area contributed by atoms with Crippen molar-refractivity contribution in [3.8, 4) is 11.4 Å². The van der Waals surface area contributed by atoms with Gasteiger partial charge in [0.2, 0.25) is 0 Å². The monoisotopic (exact) mass is 282 g/mol. The lowest BCUT2D eigenvalue weighted by atomic mass is 10.2. The molecule has 0 aliphatic carbocycles. The lowest BCUT2D eigenvalue weighted by molar-refractivity contribution is -0.117. The lowest BCUT2D eigenvalue weighted by Gasteiger charge is -2.02. The third-order valence-electron chi connectivity index (χ3n) is 3.30. The Morgan fingerprint density at radius 3 is 2.62 bits per heavy atom. The highest BCUT2D eigenvalue weighted by Crippen LogP contribution is 2.17. The second kappa shape index (κ2) is 4.97. The first-order valence-electron chi connectivity index (χ1n) is 6.55. The van der Waals surface area contributed by atoms with Gasteiger partial charge in [-0.25, -0.2) is 14.8 Å². The molecule has 0 bridgehead atoms. The number of ketones is 1. The summed E-state index contributed by atoms with van der Waals surface area (Å²) in [5.41, 5.74) is 1.69. The van der Waals surface area contributed by atoms with E-state index in [4.69, 9.17) is 0 Å². The molecule has 0 aliphatic rings. The van der Waals surface area contributed by atoms with Gasteiger partial charge in [0.25, 0.3) is 0 Å². The van der Waals surface area contributed by atoms with Crippen LogP contribution >= 0.6 is 0 Å². The summed E-state index contributed by atoms with van der Waals surface area (Å²) in [6.45, 7) is 1.46. The van der Waals surface area contributed by atoms with E-state index in [9.17, 15) is 9.59 Å². The van der Waals surface area contributed by atoms with Crippen LogP contribution < -0.4 is 5.69 Å². The van der Waals surface area contributed by atoms with Crippen LogP contribution in [0.4, 0.5) is 0 Å². The molecule has 3 aromatic rings. The van der Waals surface area contributed by atoms with Crippen molar-refractivity contribution in [3.05, 3.63) is 47.0 Å². The van der Waals surface area contributed by atoms with Crippen LogP contribution in [0.15, 0.2) is 41.3 Å². The molecule has 0 amide bonds. The number of hydrogen-bond acceptors (Lipinski definition) is 4. The zero-order valence-electron chi connectivity index (χ0n) is 11.8. The molecule has 0 unspecified atom stereocenters. The number of nitrogens with zero attached hydrogens (tertiary/aromatic N) is 4. The van der Waals surface area contributed by atoms with Crippen LogP contribution in [0, 0.1) is 0 Å². The van der Waals surface area contributed by atoms with Gasteiger partial charge in [0.1, 0.15) is 11.3 Å². The molecule has 3 rings (SSSR count). The van der Waals surface area contributed by atoms with E-state index >= 15 is 0 Å².